The van der Waals surface area contributed by atoms with Crippen LogP contribution in [-0.4, -0.2) is 39.3 Å². The fourth-order valence-corrected chi connectivity index (χ4v) is 2.32. The second-order valence-electron chi connectivity index (χ2n) is 4.98. The molecule has 5 nitrogen and oxygen atoms in total. The van der Waals surface area contributed by atoms with E-state index in [0.29, 0.717) is 24.0 Å². The van der Waals surface area contributed by atoms with Gasteiger partial charge in [-0.3, -0.25) is 4.79 Å². The lowest BCUT2D eigenvalue weighted by atomic mass is 10.0. The Morgan fingerprint density at radius 2 is 2.30 bits per heavy atom. The van der Waals surface area contributed by atoms with E-state index in [4.69, 9.17) is 9.47 Å². The molecule has 1 heterocycles. The van der Waals surface area contributed by atoms with Crippen molar-refractivity contribution in [3.63, 3.8) is 0 Å². The average molecular weight is 278 g/mol. The summed E-state index contributed by atoms with van der Waals surface area (Å²) >= 11 is 0. The zero-order valence-corrected chi connectivity index (χ0v) is 11.9. The van der Waals surface area contributed by atoms with Gasteiger partial charge in [-0.2, -0.15) is 0 Å². The van der Waals surface area contributed by atoms with Gasteiger partial charge >= 0.3 is 0 Å². The van der Waals surface area contributed by atoms with Crippen LogP contribution in [0.2, 0.25) is 0 Å². The van der Waals surface area contributed by atoms with Gasteiger partial charge in [0.05, 0.1) is 19.4 Å². The van der Waals surface area contributed by atoms with E-state index in [1.54, 1.807) is 7.11 Å². The van der Waals surface area contributed by atoms with Crippen molar-refractivity contribution in [2.24, 2.45) is 5.92 Å². The van der Waals surface area contributed by atoms with Gasteiger partial charge in [-0.1, -0.05) is 12.1 Å². The Morgan fingerprint density at radius 3 is 3.05 bits per heavy atom. The maximum atomic E-state index is 11.8. The summed E-state index contributed by atoms with van der Waals surface area (Å²) in [5.74, 6) is 1.01. The van der Waals surface area contributed by atoms with Gasteiger partial charge in [0.1, 0.15) is 12.4 Å². The van der Waals surface area contributed by atoms with E-state index in [-0.39, 0.29) is 12.5 Å². The highest BCUT2D eigenvalue weighted by Gasteiger charge is 2.14. The minimum atomic E-state index is -0.154. The van der Waals surface area contributed by atoms with Crippen molar-refractivity contribution in [1.82, 2.24) is 5.32 Å². The zero-order valence-electron chi connectivity index (χ0n) is 11.9. The molecule has 1 aliphatic heterocycles. The van der Waals surface area contributed by atoms with Crippen molar-refractivity contribution in [1.29, 1.82) is 0 Å². The monoisotopic (exact) mass is 278 g/mol. The minimum Gasteiger partial charge on any atom is -0.495 e. The number of para-hydroxylation sites is 2. The van der Waals surface area contributed by atoms with E-state index in [9.17, 15) is 4.79 Å². The number of nitrogens with one attached hydrogen (secondary N) is 2. The molecule has 1 saturated heterocycles. The van der Waals surface area contributed by atoms with Gasteiger partial charge in [0, 0.05) is 6.54 Å². The molecule has 5 heteroatoms. The molecule has 0 aromatic heterocycles. The molecule has 1 amide bonds. The Morgan fingerprint density at radius 1 is 1.45 bits per heavy atom. The van der Waals surface area contributed by atoms with Crippen LogP contribution < -0.4 is 15.4 Å². The molecule has 0 radical (unpaired) electrons. The fourth-order valence-electron chi connectivity index (χ4n) is 2.32. The highest BCUT2D eigenvalue weighted by atomic mass is 16.5. The van der Waals surface area contributed by atoms with Gasteiger partial charge in [0.25, 0.3) is 0 Å². The predicted octanol–water partition coefficient (Wildman–Crippen LogP) is 1.65. The number of ether oxygens (including phenoxy) is 2. The summed E-state index contributed by atoms with van der Waals surface area (Å²) in [6.07, 6.45) is 2.35. The Balaban J connectivity index is 1.72. The van der Waals surface area contributed by atoms with Crippen LogP contribution in [-0.2, 0) is 9.53 Å². The molecule has 20 heavy (non-hydrogen) atoms. The molecule has 0 aliphatic carbocycles. The van der Waals surface area contributed by atoms with E-state index >= 15 is 0 Å². The number of benzene rings is 1. The number of carbonyl (C=O) groups excluding carboxylic acids is 1. The molecule has 2 N–H and O–H groups in total. The Kier molecular flexibility index (Phi) is 5.83. The van der Waals surface area contributed by atoms with Crippen LogP contribution in [0.15, 0.2) is 24.3 Å². The molecule has 110 valence electrons. The topological polar surface area (TPSA) is 59.6 Å². The van der Waals surface area contributed by atoms with Gasteiger partial charge in [-0.05, 0) is 37.4 Å². The normalized spacial score (nSPS) is 18.6. The summed E-state index contributed by atoms with van der Waals surface area (Å²) in [5.41, 5.74) is 0.669. The molecule has 0 bridgehead atoms. The number of hydrogen-bond donors (Lipinski definition) is 2. The Labute approximate surface area is 119 Å². The van der Waals surface area contributed by atoms with Gasteiger partial charge in [0.2, 0.25) is 5.91 Å². The number of piperidine rings is 1. The summed E-state index contributed by atoms with van der Waals surface area (Å²) < 4.78 is 10.7. The quantitative estimate of drug-likeness (QED) is 0.830. The van der Waals surface area contributed by atoms with Crippen LogP contribution in [0.1, 0.15) is 12.8 Å². The third kappa shape index (κ3) is 4.51. The van der Waals surface area contributed by atoms with Crippen molar-refractivity contribution in [2.75, 3.05) is 38.7 Å². The first kappa shape index (κ1) is 14.8. The molecule has 2 rings (SSSR count). The number of hydrogen-bond acceptors (Lipinski definition) is 4. The maximum absolute atomic E-state index is 11.8. The standard InChI is InChI=1S/C15H22N2O3/c1-19-14-7-3-2-6-13(14)17-15(18)11-20-10-12-5-4-8-16-9-12/h2-3,6-7,12,16H,4-5,8-11H2,1H3,(H,17,18). The molecule has 1 aromatic rings. The van der Waals surface area contributed by atoms with Crippen LogP contribution >= 0.6 is 0 Å². The SMILES string of the molecule is COc1ccccc1NC(=O)COCC1CCCNC1. The number of rotatable bonds is 6. The number of anilines is 1. The molecule has 1 atom stereocenters. The zero-order chi connectivity index (χ0) is 14.2. The van der Waals surface area contributed by atoms with Crippen molar-refractivity contribution < 1.29 is 14.3 Å². The van der Waals surface area contributed by atoms with E-state index in [0.717, 1.165) is 13.1 Å². The van der Waals surface area contributed by atoms with E-state index in [1.165, 1.54) is 12.8 Å². The first-order valence-electron chi connectivity index (χ1n) is 7.01. The number of methoxy groups -OCH3 is 1. The molecule has 1 unspecified atom stereocenters. The molecular weight excluding hydrogens is 256 g/mol. The molecular formula is C15H22N2O3. The molecule has 1 aliphatic rings. The Bertz CT molecular complexity index is 431. The summed E-state index contributed by atoms with van der Waals surface area (Å²) in [6.45, 7) is 2.78. The summed E-state index contributed by atoms with van der Waals surface area (Å²) in [6, 6.07) is 7.33. The van der Waals surface area contributed by atoms with Crippen LogP contribution in [0.25, 0.3) is 0 Å². The van der Waals surface area contributed by atoms with Crippen molar-refractivity contribution in [3.05, 3.63) is 24.3 Å². The Hall–Kier alpha value is -1.59. The van der Waals surface area contributed by atoms with E-state index < -0.39 is 0 Å². The van der Waals surface area contributed by atoms with Crippen LogP contribution in [0.4, 0.5) is 5.69 Å². The van der Waals surface area contributed by atoms with E-state index in [2.05, 4.69) is 10.6 Å². The number of carbonyl (C=O) groups is 1. The lowest BCUT2D eigenvalue weighted by Gasteiger charge is -2.22. The molecule has 0 saturated carbocycles. The highest BCUT2D eigenvalue weighted by molar-refractivity contribution is 5.93. The minimum absolute atomic E-state index is 0.0779. The van der Waals surface area contributed by atoms with Crippen LogP contribution in [0.5, 0.6) is 5.75 Å². The smallest absolute Gasteiger partial charge is 0.250 e. The average Bonchev–Trinajstić information content (AvgIpc) is 2.49. The largest absolute Gasteiger partial charge is 0.495 e. The van der Waals surface area contributed by atoms with Crippen molar-refractivity contribution >= 4 is 11.6 Å². The molecule has 0 spiro atoms. The number of amides is 1. The third-order valence-corrected chi connectivity index (χ3v) is 3.37. The second kappa shape index (κ2) is 7.87. The lowest BCUT2D eigenvalue weighted by Crippen LogP contribution is -2.33. The van der Waals surface area contributed by atoms with Gasteiger partial charge < -0.3 is 20.1 Å². The molecule has 1 fully saturated rings. The van der Waals surface area contributed by atoms with Gasteiger partial charge in [-0.15, -0.1) is 0 Å². The summed E-state index contributed by atoms with van der Waals surface area (Å²) in [7, 11) is 1.58. The second-order valence-corrected chi connectivity index (χ2v) is 4.98. The summed E-state index contributed by atoms with van der Waals surface area (Å²) in [4.78, 5) is 11.8. The first-order chi connectivity index (χ1) is 9.79. The van der Waals surface area contributed by atoms with Gasteiger partial charge in [-0.25, -0.2) is 0 Å². The fraction of sp³-hybridized carbons (Fsp3) is 0.533. The van der Waals surface area contributed by atoms with E-state index in [1.807, 2.05) is 24.3 Å². The summed E-state index contributed by atoms with van der Waals surface area (Å²) in [5, 5.41) is 6.13. The third-order valence-electron chi connectivity index (χ3n) is 3.37. The van der Waals surface area contributed by atoms with Crippen LogP contribution in [0.3, 0.4) is 0 Å². The van der Waals surface area contributed by atoms with Crippen LogP contribution in [0, 0.1) is 5.92 Å². The lowest BCUT2D eigenvalue weighted by molar-refractivity contribution is -0.121. The predicted molar refractivity (Wildman–Crippen MR) is 78.0 cm³/mol. The maximum Gasteiger partial charge on any atom is 0.250 e. The van der Waals surface area contributed by atoms with Crippen molar-refractivity contribution in [2.45, 2.75) is 12.8 Å². The first-order valence-corrected chi connectivity index (χ1v) is 7.01. The highest BCUT2D eigenvalue weighted by Crippen LogP contribution is 2.22. The molecule has 1 aromatic carbocycles. The van der Waals surface area contributed by atoms with Crippen molar-refractivity contribution in [3.8, 4) is 5.75 Å². The van der Waals surface area contributed by atoms with Gasteiger partial charge in [0.15, 0.2) is 0 Å².